The number of ether oxygens (including phenoxy) is 4. The zero-order chi connectivity index (χ0) is 22.4. The van der Waals surface area contributed by atoms with Crippen LogP contribution in [0.5, 0.6) is 23.0 Å². The number of carbonyl (C=O) groups is 5. The molecule has 0 saturated carbocycles. The Kier molecular flexibility index (Phi) is 8.01. The van der Waals surface area contributed by atoms with E-state index >= 15 is 0 Å². The minimum Gasteiger partial charge on any atom is -0.414 e. The second kappa shape index (κ2) is 10.3. The van der Waals surface area contributed by atoms with Crippen molar-refractivity contribution in [3.05, 3.63) is 47.5 Å². The van der Waals surface area contributed by atoms with Crippen molar-refractivity contribution in [3.8, 4) is 23.0 Å². The average molecular weight is 496 g/mol. The molecule has 0 radical (unpaired) electrons. The van der Waals surface area contributed by atoms with E-state index in [1.54, 1.807) is 0 Å². The summed E-state index contributed by atoms with van der Waals surface area (Å²) >= 11 is 20.6. The lowest BCUT2D eigenvalue weighted by Gasteiger charge is -2.10. The Hall–Kier alpha value is -2.85. The number of ketones is 1. The highest BCUT2D eigenvalue weighted by molar-refractivity contribution is 6.62. The van der Waals surface area contributed by atoms with E-state index in [1.165, 1.54) is 0 Å². The maximum absolute atomic E-state index is 12.9. The monoisotopic (exact) mass is 494 g/mol. The Balaban J connectivity index is 2.53. The molecule has 0 aliphatic carbocycles. The first-order valence-electron chi connectivity index (χ1n) is 7.37. The summed E-state index contributed by atoms with van der Waals surface area (Å²) < 4.78 is 18.7. The molecule has 2 aromatic rings. The highest BCUT2D eigenvalue weighted by atomic mass is 35.5. The molecule has 0 aliphatic heterocycles. The van der Waals surface area contributed by atoms with Gasteiger partial charge in [-0.1, -0.05) is 0 Å². The summed E-state index contributed by atoms with van der Waals surface area (Å²) in [5.74, 6) is -1.75. The first-order chi connectivity index (χ1) is 14.0. The van der Waals surface area contributed by atoms with Gasteiger partial charge >= 0.3 is 21.7 Å². The maximum atomic E-state index is 12.9. The Labute approximate surface area is 187 Å². The van der Waals surface area contributed by atoms with Crippen LogP contribution in [0.4, 0.5) is 19.2 Å². The molecule has 30 heavy (non-hydrogen) atoms. The van der Waals surface area contributed by atoms with Crippen LogP contribution in [0.25, 0.3) is 0 Å². The Morgan fingerprint density at radius 1 is 0.467 bits per heavy atom. The zero-order valence-electron chi connectivity index (χ0n) is 14.2. The molecule has 2 aromatic carbocycles. The minimum absolute atomic E-state index is 0.171. The van der Waals surface area contributed by atoms with Gasteiger partial charge in [0.1, 0.15) is 23.0 Å². The van der Waals surface area contributed by atoms with Gasteiger partial charge in [-0.25, -0.2) is 19.2 Å². The van der Waals surface area contributed by atoms with Gasteiger partial charge < -0.3 is 18.9 Å². The molecule has 0 fully saturated rings. The van der Waals surface area contributed by atoms with Crippen molar-refractivity contribution in [2.24, 2.45) is 0 Å². The van der Waals surface area contributed by atoms with Crippen LogP contribution < -0.4 is 18.9 Å². The third kappa shape index (κ3) is 7.20. The fraction of sp³-hybridized carbons (Fsp3) is 0. The number of hydrogen-bond acceptors (Lipinski definition) is 9. The predicted molar refractivity (Wildman–Crippen MR) is 104 cm³/mol. The molecular formula is C17H6Cl4O9. The molecule has 0 aliphatic rings. The maximum Gasteiger partial charge on any atom is 0.409 e. The van der Waals surface area contributed by atoms with E-state index in [1.807, 2.05) is 0 Å². The van der Waals surface area contributed by atoms with Crippen LogP contribution in [0.3, 0.4) is 0 Å². The molecule has 0 aromatic heterocycles. The Morgan fingerprint density at radius 3 is 0.900 bits per heavy atom. The molecule has 0 atom stereocenters. The van der Waals surface area contributed by atoms with E-state index < -0.39 is 27.5 Å². The predicted octanol–water partition coefficient (Wildman–Crippen LogP) is 5.87. The summed E-state index contributed by atoms with van der Waals surface area (Å²) in [6, 6.07) is 6.54. The molecule has 13 heteroatoms. The zero-order valence-corrected chi connectivity index (χ0v) is 17.2. The lowest BCUT2D eigenvalue weighted by atomic mass is 10.0. The second-order valence-electron chi connectivity index (χ2n) is 5.07. The third-order valence-corrected chi connectivity index (χ3v) is 3.39. The van der Waals surface area contributed by atoms with Crippen LogP contribution in [0.15, 0.2) is 36.4 Å². The first-order valence-corrected chi connectivity index (χ1v) is 8.89. The number of carbonyl (C=O) groups excluding carboxylic acids is 5. The van der Waals surface area contributed by atoms with Crippen LogP contribution in [0.2, 0.25) is 0 Å². The molecule has 0 heterocycles. The van der Waals surface area contributed by atoms with Crippen molar-refractivity contribution in [1.82, 2.24) is 0 Å². The fourth-order valence-corrected chi connectivity index (χ4v) is 2.54. The summed E-state index contributed by atoms with van der Waals surface area (Å²) in [5.41, 5.74) is -5.25. The number of rotatable bonds is 6. The third-order valence-electron chi connectivity index (χ3n) is 3.08. The molecule has 156 valence electrons. The van der Waals surface area contributed by atoms with Crippen LogP contribution in [-0.4, -0.2) is 27.5 Å². The molecule has 0 N–H and O–H groups in total. The van der Waals surface area contributed by atoms with Crippen molar-refractivity contribution >= 4 is 73.9 Å². The quantitative estimate of drug-likeness (QED) is 0.357. The van der Waals surface area contributed by atoms with E-state index in [-0.39, 0.29) is 34.1 Å². The van der Waals surface area contributed by atoms with Crippen LogP contribution in [-0.2, 0) is 0 Å². The molecule has 0 unspecified atom stereocenters. The van der Waals surface area contributed by atoms with Gasteiger partial charge in [0, 0.05) is 69.7 Å². The summed E-state index contributed by atoms with van der Waals surface area (Å²) in [4.78, 5) is 56.9. The highest BCUT2D eigenvalue weighted by Crippen LogP contribution is 2.29. The van der Waals surface area contributed by atoms with Crippen LogP contribution in [0.1, 0.15) is 15.9 Å². The topological polar surface area (TPSA) is 122 Å². The van der Waals surface area contributed by atoms with Crippen LogP contribution in [0, 0.1) is 0 Å². The Morgan fingerprint density at radius 2 is 0.700 bits per heavy atom. The van der Waals surface area contributed by atoms with E-state index in [0.717, 1.165) is 36.4 Å². The van der Waals surface area contributed by atoms with Gasteiger partial charge in [-0.05, 0) is 24.3 Å². The van der Waals surface area contributed by atoms with Crippen molar-refractivity contribution in [3.63, 3.8) is 0 Å². The number of benzene rings is 2. The summed E-state index contributed by atoms with van der Waals surface area (Å²) in [7, 11) is 0. The lowest BCUT2D eigenvalue weighted by molar-refractivity contribution is 0.103. The van der Waals surface area contributed by atoms with Gasteiger partial charge in [0.2, 0.25) is 0 Å². The van der Waals surface area contributed by atoms with Crippen molar-refractivity contribution in [2.75, 3.05) is 0 Å². The van der Waals surface area contributed by atoms with Gasteiger partial charge in [-0.3, -0.25) is 4.79 Å². The highest BCUT2D eigenvalue weighted by Gasteiger charge is 2.18. The average Bonchev–Trinajstić information content (AvgIpc) is 2.58. The van der Waals surface area contributed by atoms with Crippen molar-refractivity contribution in [1.29, 1.82) is 0 Å². The van der Waals surface area contributed by atoms with Gasteiger partial charge in [-0.15, -0.1) is 0 Å². The lowest BCUT2D eigenvalue weighted by Crippen LogP contribution is -2.07. The molecule has 0 bridgehead atoms. The summed E-state index contributed by atoms with van der Waals surface area (Å²) in [6.07, 6.45) is 0. The molecule has 0 spiro atoms. The van der Waals surface area contributed by atoms with Crippen LogP contribution >= 0.6 is 46.4 Å². The smallest absolute Gasteiger partial charge is 0.409 e. The largest absolute Gasteiger partial charge is 0.414 e. The molecular weight excluding hydrogens is 490 g/mol. The van der Waals surface area contributed by atoms with E-state index in [2.05, 4.69) is 18.9 Å². The normalized spacial score (nSPS) is 10.0. The molecule has 0 amide bonds. The van der Waals surface area contributed by atoms with Crippen molar-refractivity contribution in [2.45, 2.75) is 0 Å². The standard InChI is InChI=1S/C17H6Cl4O9/c18-14(23)27-9-1-7(2-10(5-9)28-15(19)24)13(22)8-3-11(29-16(20)25)6-12(4-8)30-17(21)26/h1-6H. The van der Waals surface area contributed by atoms with E-state index in [0.29, 0.717) is 0 Å². The molecule has 0 saturated heterocycles. The first kappa shape index (κ1) is 23.4. The molecule has 9 nitrogen and oxygen atoms in total. The van der Waals surface area contributed by atoms with Crippen molar-refractivity contribution < 1.29 is 42.9 Å². The van der Waals surface area contributed by atoms with Gasteiger partial charge in [0.15, 0.2) is 5.78 Å². The SMILES string of the molecule is O=C(Cl)Oc1cc(OC(=O)Cl)cc(C(=O)c2cc(OC(=O)Cl)cc(OC(=O)Cl)c2)c1. The second-order valence-corrected chi connectivity index (χ2v) is 6.31. The van der Waals surface area contributed by atoms with Gasteiger partial charge in [0.25, 0.3) is 0 Å². The minimum atomic E-state index is -1.23. The number of halogens is 4. The van der Waals surface area contributed by atoms with Gasteiger partial charge in [-0.2, -0.15) is 0 Å². The van der Waals surface area contributed by atoms with E-state index in [9.17, 15) is 24.0 Å². The van der Waals surface area contributed by atoms with Gasteiger partial charge in [0.05, 0.1) is 0 Å². The Bertz CT molecular complexity index is 902. The summed E-state index contributed by atoms with van der Waals surface area (Å²) in [6.45, 7) is 0. The summed E-state index contributed by atoms with van der Waals surface area (Å²) in [5, 5.41) is 0. The number of hydrogen-bond donors (Lipinski definition) is 0. The fourth-order valence-electron chi connectivity index (χ4n) is 2.18. The van der Waals surface area contributed by atoms with E-state index in [4.69, 9.17) is 46.4 Å². The molecule has 2 rings (SSSR count).